The predicted octanol–water partition coefficient (Wildman–Crippen LogP) is 5.73. The minimum Gasteiger partial charge on any atom is -0.438 e. The Labute approximate surface area is 164 Å². The molecule has 0 aliphatic carbocycles. The molecule has 7 rings (SSSR count). The summed E-state index contributed by atoms with van der Waals surface area (Å²) in [4.78, 5) is 9.55. The first-order chi connectivity index (χ1) is 14.4. The molecule has 5 nitrogen and oxygen atoms in total. The van der Waals surface area contributed by atoms with Crippen molar-refractivity contribution in [2.45, 2.75) is 0 Å². The van der Waals surface area contributed by atoms with Crippen LogP contribution >= 0.6 is 0 Å². The monoisotopic (exact) mass is 374 g/mol. The Bertz CT molecular complexity index is 1720. The lowest BCUT2D eigenvalue weighted by Crippen LogP contribution is -1.95. The summed E-state index contributed by atoms with van der Waals surface area (Å²) in [6.07, 6.45) is 1.86. The molecule has 0 atom stereocenters. The van der Waals surface area contributed by atoms with Gasteiger partial charge in [-0.15, -0.1) is 0 Å². The Hall–Kier alpha value is -4.12. The molecule has 0 N–H and O–H groups in total. The van der Waals surface area contributed by atoms with Crippen molar-refractivity contribution in [2.75, 3.05) is 0 Å². The zero-order valence-corrected chi connectivity index (χ0v) is 15.3. The van der Waals surface area contributed by atoms with Gasteiger partial charge >= 0.3 is 0 Å². The SMILES string of the molecule is c1ccc2c(c1)nc1n(-c3cnc4oc5ccccc5c4c3)c3ccccc3n21. The molecular weight excluding hydrogens is 360 g/mol. The quantitative estimate of drug-likeness (QED) is 0.369. The van der Waals surface area contributed by atoms with E-state index in [0.717, 1.165) is 49.9 Å². The number of aromatic nitrogens is 4. The van der Waals surface area contributed by atoms with Crippen LogP contribution in [0.2, 0.25) is 0 Å². The van der Waals surface area contributed by atoms with Crippen molar-refractivity contribution in [3.8, 4) is 5.69 Å². The van der Waals surface area contributed by atoms with Crippen LogP contribution in [0.15, 0.2) is 89.5 Å². The van der Waals surface area contributed by atoms with Gasteiger partial charge in [0.2, 0.25) is 11.5 Å². The van der Waals surface area contributed by atoms with Gasteiger partial charge in [0.25, 0.3) is 0 Å². The highest BCUT2D eigenvalue weighted by Crippen LogP contribution is 2.32. The average molecular weight is 374 g/mol. The summed E-state index contributed by atoms with van der Waals surface area (Å²) in [6, 6.07) is 26.8. The highest BCUT2D eigenvalue weighted by Gasteiger charge is 2.18. The molecule has 0 spiro atoms. The summed E-state index contributed by atoms with van der Waals surface area (Å²) in [7, 11) is 0. The molecule has 0 fully saturated rings. The molecule has 0 aliphatic heterocycles. The summed E-state index contributed by atoms with van der Waals surface area (Å²) in [5.74, 6) is 0.876. The van der Waals surface area contributed by atoms with Crippen LogP contribution in [0.25, 0.3) is 55.6 Å². The average Bonchev–Trinajstić information content (AvgIpc) is 3.41. The van der Waals surface area contributed by atoms with Crippen molar-refractivity contribution in [1.82, 2.24) is 18.9 Å². The van der Waals surface area contributed by atoms with E-state index in [9.17, 15) is 0 Å². The maximum Gasteiger partial charge on any atom is 0.227 e. The Balaban J connectivity index is 1.65. The molecule has 0 bridgehead atoms. The van der Waals surface area contributed by atoms with Gasteiger partial charge in [0.1, 0.15) is 5.58 Å². The van der Waals surface area contributed by atoms with Crippen molar-refractivity contribution >= 4 is 49.9 Å². The molecule has 0 aliphatic rings. The number of imidazole rings is 2. The van der Waals surface area contributed by atoms with Crippen LogP contribution in [0.1, 0.15) is 0 Å². The van der Waals surface area contributed by atoms with E-state index < -0.39 is 0 Å². The fourth-order valence-electron chi connectivity index (χ4n) is 4.33. The Morgan fingerprint density at radius 2 is 1.48 bits per heavy atom. The lowest BCUT2D eigenvalue weighted by atomic mass is 10.2. The van der Waals surface area contributed by atoms with Crippen LogP contribution in [0, 0.1) is 0 Å². The molecular formula is C24H14N4O. The summed E-state index contributed by atoms with van der Waals surface area (Å²) in [5.41, 5.74) is 6.75. The van der Waals surface area contributed by atoms with Gasteiger partial charge in [-0.1, -0.05) is 42.5 Å². The van der Waals surface area contributed by atoms with Gasteiger partial charge in [-0.2, -0.15) is 0 Å². The zero-order valence-electron chi connectivity index (χ0n) is 15.3. The maximum absolute atomic E-state index is 5.91. The van der Waals surface area contributed by atoms with Crippen molar-refractivity contribution < 1.29 is 4.42 Å². The van der Waals surface area contributed by atoms with Gasteiger partial charge in [-0.05, 0) is 36.4 Å². The van der Waals surface area contributed by atoms with E-state index >= 15 is 0 Å². The van der Waals surface area contributed by atoms with Gasteiger partial charge < -0.3 is 4.42 Å². The van der Waals surface area contributed by atoms with E-state index in [1.807, 2.05) is 42.6 Å². The molecule has 136 valence electrons. The topological polar surface area (TPSA) is 48.3 Å². The van der Waals surface area contributed by atoms with E-state index in [0.29, 0.717) is 5.71 Å². The van der Waals surface area contributed by atoms with E-state index in [1.165, 1.54) is 0 Å². The lowest BCUT2D eigenvalue weighted by Gasteiger charge is -2.04. The highest BCUT2D eigenvalue weighted by atomic mass is 16.3. The molecule has 4 aromatic heterocycles. The number of hydrogen-bond donors (Lipinski definition) is 0. The second-order valence-electron chi connectivity index (χ2n) is 7.20. The number of rotatable bonds is 1. The molecule has 0 unspecified atom stereocenters. The zero-order chi connectivity index (χ0) is 18.9. The Morgan fingerprint density at radius 3 is 2.41 bits per heavy atom. The normalized spacial score (nSPS) is 12.1. The van der Waals surface area contributed by atoms with E-state index in [2.05, 4.69) is 56.4 Å². The van der Waals surface area contributed by atoms with E-state index in [-0.39, 0.29) is 0 Å². The number of pyridine rings is 1. The maximum atomic E-state index is 5.91. The van der Waals surface area contributed by atoms with E-state index in [4.69, 9.17) is 9.40 Å². The van der Waals surface area contributed by atoms with Crippen LogP contribution in [-0.4, -0.2) is 18.9 Å². The number of nitrogens with zero attached hydrogens (tertiary/aromatic N) is 4. The molecule has 7 aromatic rings. The summed E-state index contributed by atoms with van der Waals surface area (Å²) >= 11 is 0. The highest BCUT2D eigenvalue weighted by molar-refractivity contribution is 6.04. The van der Waals surface area contributed by atoms with Gasteiger partial charge in [0.15, 0.2) is 0 Å². The standard InChI is InChI=1S/C24H14N4O/c1-6-12-22-16(7-1)17-13-15(14-25-23(17)29-22)27-20-10-4-5-11-21(20)28-19-9-3-2-8-18(19)26-24(27)28/h1-14H. The molecule has 3 aromatic carbocycles. The van der Waals surface area contributed by atoms with Crippen LogP contribution in [0.3, 0.4) is 0 Å². The van der Waals surface area contributed by atoms with Gasteiger partial charge in [-0.3, -0.25) is 8.97 Å². The molecule has 0 radical (unpaired) electrons. The van der Waals surface area contributed by atoms with Gasteiger partial charge in [0, 0.05) is 5.39 Å². The first-order valence-electron chi connectivity index (χ1n) is 9.53. The second kappa shape index (κ2) is 5.23. The smallest absolute Gasteiger partial charge is 0.227 e. The molecule has 5 heteroatoms. The third-order valence-electron chi connectivity index (χ3n) is 5.59. The molecule has 0 saturated heterocycles. The first kappa shape index (κ1) is 14.9. The van der Waals surface area contributed by atoms with Gasteiger partial charge in [-0.25, -0.2) is 9.97 Å². The first-order valence-corrected chi connectivity index (χ1v) is 9.53. The van der Waals surface area contributed by atoms with Crippen molar-refractivity contribution in [3.63, 3.8) is 0 Å². The summed E-state index contributed by atoms with van der Waals surface area (Å²) < 4.78 is 10.3. The predicted molar refractivity (Wildman–Crippen MR) is 115 cm³/mol. The fourth-order valence-corrected chi connectivity index (χ4v) is 4.33. The number of furan rings is 1. The largest absolute Gasteiger partial charge is 0.438 e. The summed E-state index contributed by atoms with van der Waals surface area (Å²) in [6.45, 7) is 0. The Morgan fingerprint density at radius 1 is 0.724 bits per heavy atom. The third-order valence-corrected chi connectivity index (χ3v) is 5.59. The minimum atomic E-state index is 0.649. The number of para-hydroxylation sites is 5. The van der Waals surface area contributed by atoms with Crippen LogP contribution in [0.5, 0.6) is 0 Å². The summed E-state index contributed by atoms with van der Waals surface area (Å²) in [5, 5.41) is 2.07. The third kappa shape index (κ3) is 1.88. The number of hydrogen-bond acceptors (Lipinski definition) is 3. The van der Waals surface area contributed by atoms with E-state index in [1.54, 1.807) is 0 Å². The Kier molecular flexibility index (Phi) is 2.68. The second-order valence-corrected chi connectivity index (χ2v) is 7.20. The van der Waals surface area contributed by atoms with Crippen LogP contribution in [0.4, 0.5) is 0 Å². The number of benzene rings is 3. The molecule has 4 heterocycles. The van der Waals surface area contributed by atoms with Crippen molar-refractivity contribution in [1.29, 1.82) is 0 Å². The van der Waals surface area contributed by atoms with Crippen LogP contribution < -0.4 is 0 Å². The fraction of sp³-hybridized carbons (Fsp3) is 0. The minimum absolute atomic E-state index is 0.649. The van der Waals surface area contributed by atoms with Crippen molar-refractivity contribution in [2.24, 2.45) is 0 Å². The molecule has 29 heavy (non-hydrogen) atoms. The van der Waals surface area contributed by atoms with Crippen LogP contribution in [-0.2, 0) is 0 Å². The van der Waals surface area contributed by atoms with Gasteiger partial charge in [0.05, 0.1) is 39.3 Å². The molecule has 0 amide bonds. The lowest BCUT2D eigenvalue weighted by molar-refractivity contribution is 0.654. The molecule has 0 saturated carbocycles. The van der Waals surface area contributed by atoms with Crippen molar-refractivity contribution in [3.05, 3.63) is 85.1 Å². The number of fused-ring (bicyclic) bond motifs is 8.